The summed E-state index contributed by atoms with van der Waals surface area (Å²) in [5.41, 5.74) is -0.897. The highest BCUT2D eigenvalue weighted by atomic mass is 32.2. The maximum atomic E-state index is 12.2. The van der Waals surface area contributed by atoms with Crippen molar-refractivity contribution in [3.63, 3.8) is 0 Å². The quantitative estimate of drug-likeness (QED) is 0.295. The van der Waals surface area contributed by atoms with Crippen molar-refractivity contribution in [1.29, 1.82) is 0 Å². The van der Waals surface area contributed by atoms with Gasteiger partial charge in [-0.05, 0) is 0 Å². The SMILES string of the molecule is Cn1c(=O)[nH]c2nc(SCCC(=O)NS(=O)(=O)CCN3CCN(S(C)(=O)=O)CC3)[nH]c2c1=O. The van der Waals surface area contributed by atoms with Crippen LogP contribution < -0.4 is 16.0 Å². The van der Waals surface area contributed by atoms with Gasteiger partial charge in [-0.25, -0.2) is 26.6 Å². The maximum Gasteiger partial charge on any atom is 0.329 e. The Kier molecular flexibility index (Phi) is 7.67. The lowest BCUT2D eigenvalue weighted by molar-refractivity contribution is -0.118. The third-order valence-electron chi connectivity index (χ3n) is 5.04. The van der Waals surface area contributed by atoms with Gasteiger partial charge in [0.25, 0.3) is 5.56 Å². The van der Waals surface area contributed by atoms with Crippen LogP contribution in [0, 0.1) is 0 Å². The van der Waals surface area contributed by atoms with Crippen LogP contribution in [-0.2, 0) is 31.9 Å². The van der Waals surface area contributed by atoms with Crippen molar-refractivity contribution in [3.8, 4) is 0 Å². The predicted molar refractivity (Wildman–Crippen MR) is 122 cm³/mol. The molecule has 3 rings (SSSR count). The van der Waals surface area contributed by atoms with Crippen LogP contribution in [-0.4, -0.2) is 102 Å². The lowest BCUT2D eigenvalue weighted by atomic mass is 10.4. The summed E-state index contributed by atoms with van der Waals surface area (Å²) in [6.45, 7) is 1.60. The summed E-state index contributed by atoms with van der Waals surface area (Å²) in [6.07, 6.45) is 1.03. The predicted octanol–water partition coefficient (Wildman–Crippen LogP) is -2.54. The van der Waals surface area contributed by atoms with E-state index in [2.05, 4.69) is 15.0 Å². The smallest absolute Gasteiger partial charge is 0.327 e. The van der Waals surface area contributed by atoms with Gasteiger partial charge >= 0.3 is 5.69 Å². The molecule has 17 heteroatoms. The Balaban J connectivity index is 1.44. The van der Waals surface area contributed by atoms with E-state index in [-0.39, 0.29) is 35.6 Å². The fourth-order valence-electron chi connectivity index (χ4n) is 3.16. The Morgan fingerprint density at radius 3 is 2.42 bits per heavy atom. The molecule has 0 aliphatic carbocycles. The summed E-state index contributed by atoms with van der Waals surface area (Å²) < 4.78 is 51.7. The molecule has 1 aliphatic heterocycles. The summed E-state index contributed by atoms with van der Waals surface area (Å²) in [7, 11) is -5.78. The number of nitrogens with zero attached hydrogens (tertiary/aromatic N) is 4. The third kappa shape index (κ3) is 6.66. The van der Waals surface area contributed by atoms with E-state index in [9.17, 15) is 31.2 Å². The molecule has 1 saturated heterocycles. The van der Waals surface area contributed by atoms with E-state index in [0.717, 1.165) is 22.6 Å². The van der Waals surface area contributed by atoms with E-state index >= 15 is 0 Å². The highest BCUT2D eigenvalue weighted by molar-refractivity contribution is 7.99. The summed E-state index contributed by atoms with van der Waals surface area (Å²) in [4.78, 5) is 46.9. The molecule has 2 aromatic rings. The fourth-order valence-corrected chi connectivity index (χ4v) is 5.85. The molecule has 1 fully saturated rings. The first kappa shape index (κ1) is 25.4. The first-order valence-corrected chi connectivity index (χ1v) is 14.4. The number of sulfonamides is 2. The van der Waals surface area contributed by atoms with Crippen molar-refractivity contribution in [2.24, 2.45) is 7.05 Å². The van der Waals surface area contributed by atoms with Gasteiger partial charge in [-0.3, -0.25) is 28.8 Å². The molecule has 3 N–H and O–H groups in total. The number of thioether (sulfide) groups is 1. The van der Waals surface area contributed by atoms with Gasteiger partial charge in [-0.15, -0.1) is 0 Å². The van der Waals surface area contributed by atoms with Crippen LogP contribution in [0.3, 0.4) is 0 Å². The van der Waals surface area contributed by atoms with Crippen molar-refractivity contribution in [2.45, 2.75) is 11.6 Å². The number of H-pyrrole nitrogens is 2. The molecule has 1 aliphatic rings. The Hall–Kier alpha value is -2.21. The second kappa shape index (κ2) is 9.96. The highest BCUT2D eigenvalue weighted by Gasteiger charge is 2.24. The van der Waals surface area contributed by atoms with Crippen LogP contribution in [0.5, 0.6) is 0 Å². The number of amides is 1. The first-order chi connectivity index (χ1) is 15.4. The lowest BCUT2D eigenvalue weighted by Crippen LogP contribution is -2.49. The minimum atomic E-state index is -3.84. The third-order valence-corrected chi connectivity index (χ3v) is 8.48. The van der Waals surface area contributed by atoms with Crippen molar-refractivity contribution < 1.29 is 21.6 Å². The number of hydrogen-bond acceptors (Lipinski definition) is 10. The molecule has 1 amide bonds. The van der Waals surface area contributed by atoms with E-state index in [1.807, 2.05) is 9.62 Å². The van der Waals surface area contributed by atoms with Crippen molar-refractivity contribution in [1.82, 2.24) is 33.4 Å². The van der Waals surface area contributed by atoms with Crippen LogP contribution >= 0.6 is 11.8 Å². The molecule has 2 aromatic heterocycles. The second-order valence-electron chi connectivity index (χ2n) is 7.51. The molecule has 0 atom stereocenters. The summed E-state index contributed by atoms with van der Waals surface area (Å²) in [6, 6.07) is 0. The minimum Gasteiger partial charge on any atom is -0.327 e. The molecule has 0 unspecified atom stereocenters. The number of nitrogens with one attached hydrogen (secondary N) is 3. The molecule has 3 heterocycles. The van der Waals surface area contributed by atoms with Crippen LogP contribution in [0.1, 0.15) is 6.42 Å². The number of carbonyl (C=O) groups excluding carboxylic acids is 1. The van der Waals surface area contributed by atoms with E-state index in [1.54, 1.807) is 0 Å². The molecule has 0 bridgehead atoms. The number of aromatic nitrogens is 4. The van der Waals surface area contributed by atoms with Crippen LogP contribution in [0.15, 0.2) is 14.7 Å². The lowest BCUT2D eigenvalue weighted by Gasteiger charge is -2.33. The van der Waals surface area contributed by atoms with Gasteiger partial charge in [-0.2, -0.15) is 4.31 Å². The average molecular weight is 524 g/mol. The van der Waals surface area contributed by atoms with Gasteiger partial charge < -0.3 is 4.98 Å². The fraction of sp³-hybridized carbons (Fsp3) is 0.625. The number of carbonyl (C=O) groups is 1. The monoisotopic (exact) mass is 523 g/mol. The zero-order valence-electron chi connectivity index (χ0n) is 18.0. The Morgan fingerprint density at radius 1 is 1.12 bits per heavy atom. The zero-order valence-corrected chi connectivity index (χ0v) is 20.5. The van der Waals surface area contributed by atoms with Gasteiger partial charge in [-0.1, -0.05) is 11.8 Å². The van der Waals surface area contributed by atoms with E-state index in [1.165, 1.54) is 11.4 Å². The zero-order chi connectivity index (χ0) is 24.4. The summed E-state index contributed by atoms with van der Waals surface area (Å²) in [5.74, 6) is -0.769. The molecule has 0 saturated carbocycles. The number of piperazine rings is 1. The highest BCUT2D eigenvalue weighted by Crippen LogP contribution is 2.16. The Bertz CT molecular complexity index is 1350. The Morgan fingerprint density at radius 2 is 1.79 bits per heavy atom. The number of rotatable bonds is 9. The summed E-state index contributed by atoms with van der Waals surface area (Å²) >= 11 is 1.10. The molecule has 0 spiro atoms. The van der Waals surface area contributed by atoms with Crippen LogP contribution in [0.25, 0.3) is 11.2 Å². The number of aromatic amines is 2. The molecule has 14 nitrogen and oxygen atoms in total. The van der Waals surface area contributed by atoms with Crippen molar-refractivity contribution >= 4 is 48.9 Å². The van der Waals surface area contributed by atoms with E-state index < -0.39 is 37.2 Å². The van der Waals surface area contributed by atoms with Gasteiger partial charge in [0.05, 0.1) is 12.0 Å². The molecule has 0 aromatic carbocycles. The molecule has 184 valence electrons. The van der Waals surface area contributed by atoms with Gasteiger partial charge in [0.1, 0.15) is 0 Å². The summed E-state index contributed by atoms with van der Waals surface area (Å²) in [5, 5.41) is 0.313. The van der Waals surface area contributed by atoms with Gasteiger partial charge in [0, 0.05) is 51.9 Å². The van der Waals surface area contributed by atoms with E-state index in [4.69, 9.17) is 0 Å². The van der Waals surface area contributed by atoms with Crippen LogP contribution in [0.4, 0.5) is 0 Å². The minimum absolute atomic E-state index is 0.106. The molecule has 33 heavy (non-hydrogen) atoms. The van der Waals surface area contributed by atoms with Gasteiger partial charge in [0.2, 0.25) is 26.0 Å². The van der Waals surface area contributed by atoms with E-state index in [0.29, 0.717) is 31.3 Å². The average Bonchev–Trinajstić information content (AvgIpc) is 3.12. The molecular formula is C16H25N7O7S3. The van der Waals surface area contributed by atoms with Crippen molar-refractivity contribution in [2.75, 3.05) is 50.5 Å². The Labute approximate surface area is 193 Å². The molecule has 0 radical (unpaired) electrons. The second-order valence-corrected chi connectivity index (χ2v) is 12.4. The number of fused-ring (bicyclic) bond motifs is 1. The normalized spacial score (nSPS) is 16.3. The largest absolute Gasteiger partial charge is 0.329 e. The number of hydrogen-bond donors (Lipinski definition) is 3. The first-order valence-electron chi connectivity index (χ1n) is 9.88. The topological polar surface area (TPSA) is 187 Å². The van der Waals surface area contributed by atoms with Crippen molar-refractivity contribution in [3.05, 3.63) is 20.8 Å². The van der Waals surface area contributed by atoms with Crippen LogP contribution in [0.2, 0.25) is 0 Å². The molecular weight excluding hydrogens is 498 g/mol. The maximum absolute atomic E-state index is 12.2. The standard InChI is InChI=1S/C16H25N7O7S3/c1-21-14(25)12-13(19-16(21)26)18-15(17-12)31-9-3-11(24)20-33(29,30)10-8-22-4-6-23(7-5-22)32(2,27)28/h3-10H2,1-2H3,(H,17,18)(H,19,26)(H,20,24). The van der Waals surface area contributed by atoms with Gasteiger partial charge in [0.15, 0.2) is 16.3 Å². The number of imidazole rings is 1.